The van der Waals surface area contributed by atoms with Crippen LogP contribution in [0.5, 0.6) is 5.75 Å². The Bertz CT molecular complexity index is 855. The van der Waals surface area contributed by atoms with Crippen LogP contribution in [0.25, 0.3) is 0 Å². The molecule has 7 heteroatoms. The first-order valence-electron chi connectivity index (χ1n) is 8.59. The molecule has 27 heavy (non-hydrogen) atoms. The van der Waals surface area contributed by atoms with Gasteiger partial charge in [-0.1, -0.05) is 19.9 Å². The molecule has 1 heterocycles. The first kappa shape index (κ1) is 19.0. The molecule has 1 amide bonds. The van der Waals surface area contributed by atoms with Crippen molar-refractivity contribution in [2.45, 2.75) is 33.3 Å². The van der Waals surface area contributed by atoms with Crippen LogP contribution in [0, 0.1) is 22.2 Å². The lowest BCUT2D eigenvalue weighted by atomic mass is 9.61. The van der Waals surface area contributed by atoms with Gasteiger partial charge < -0.3 is 9.64 Å². The van der Waals surface area contributed by atoms with Gasteiger partial charge in [0, 0.05) is 36.4 Å². The van der Waals surface area contributed by atoms with Gasteiger partial charge in [0.1, 0.15) is 11.8 Å². The maximum Gasteiger partial charge on any atom is 0.394 e. The number of rotatable bonds is 3. The molecule has 2 aliphatic rings. The van der Waals surface area contributed by atoms with Crippen molar-refractivity contribution in [2.75, 3.05) is 13.1 Å². The molecule has 5 nitrogen and oxygen atoms in total. The first-order valence-corrected chi connectivity index (χ1v) is 8.59. The second kappa shape index (κ2) is 6.15. The summed E-state index contributed by atoms with van der Waals surface area (Å²) in [4.78, 5) is 26.5. The van der Waals surface area contributed by atoms with Crippen molar-refractivity contribution >= 4 is 11.7 Å². The number of likely N-dealkylation sites (tertiary alicyclic amines) is 1. The molecule has 1 aliphatic carbocycles. The number of halogens is 2. The summed E-state index contributed by atoms with van der Waals surface area (Å²) in [5.74, 6) is -0.408. The number of amides is 1. The van der Waals surface area contributed by atoms with Gasteiger partial charge in [0.05, 0.1) is 5.57 Å². The molecular formula is C20H20F2N2O3. The van der Waals surface area contributed by atoms with Gasteiger partial charge in [0.2, 0.25) is 0 Å². The Labute approximate surface area is 156 Å². The van der Waals surface area contributed by atoms with E-state index in [1.54, 1.807) is 11.0 Å². The summed E-state index contributed by atoms with van der Waals surface area (Å²) >= 11 is 0. The Balaban J connectivity index is 1.71. The molecule has 1 saturated heterocycles. The highest BCUT2D eigenvalue weighted by Crippen LogP contribution is 2.48. The Morgan fingerprint density at radius 1 is 1.26 bits per heavy atom. The van der Waals surface area contributed by atoms with E-state index >= 15 is 0 Å². The van der Waals surface area contributed by atoms with E-state index in [1.807, 2.05) is 19.9 Å². The highest BCUT2D eigenvalue weighted by Gasteiger charge is 2.52. The fourth-order valence-electron chi connectivity index (χ4n) is 3.95. The smallest absolute Gasteiger partial charge is 0.394 e. The molecule has 0 N–H and O–H groups in total. The number of nitriles is 1. The van der Waals surface area contributed by atoms with E-state index in [-0.39, 0.29) is 28.4 Å². The molecule has 1 aromatic carbocycles. The van der Waals surface area contributed by atoms with E-state index in [0.717, 1.165) is 0 Å². The molecule has 0 bridgehead atoms. The SMILES string of the molecule is CC(F)(F)Oc1ccc(C(=O)N2CC3(C=C(C#N)C(=O)C(C)(C)C3)C2)cc1. The van der Waals surface area contributed by atoms with Crippen LogP contribution in [0.15, 0.2) is 35.9 Å². The van der Waals surface area contributed by atoms with E-state index in [1.165, 1.54) is 24.3 Å². The van der Waals surface area contributed by atoms with Gasteiger partial charge in [-0.15, -0.1) is 0 Å². The second-order valence-electron chi connectivity index (χ2n) is 8.02. The quantitative estimate of drug-likeness (QED) is 0.811. The minimum Gasteiger partial charge on any atom is -0.433 e. The van der Waals surface area contributed by atoms with Gasteiger partial charge in [-0.3, -0.25) is 9.59 Å². The van der Waals surface area contributed by atoms with Crippen LogP contribution in [0.2, 0.25) is 0 Å². The molecule has 1 aromatic rings. The first-order chi connectivity index (χ1) is 12.4. The van der Waals surface area contributed by atoms with Gasteiger partial charge >= 0.3 is 6.11 Å². The summed E-state index contributed by atoms with van der Waals surface area (Å²) in [6.07, 6.45) is -1.01. The largest absolute Gasteiger partial charge is 0.433 e. The predicted octanol–water partition coefficient (Wildman–Crippen LogP) is 3.57. The van der Waals surface area contributed by atoms with Gasteiger partial charge in [-0.2, -0.15) is 14.0 Å². The molecule has 0 unspecified atom stereocenters. The number of hydrogen-bond donors (Lipinski definition) is 0. The third kappa shape index (κ3) is 3.70. The van der Waals surface area contributed by atoms with Crippen molar-refractivity contribution in [1.82, 2.24) is 4.90 Å². The van der Waals surface area contributed by atoms with Crippen LogP contribution >= 0.6 is 0 Å². The third-order valence-corrected chi connectivity index (χ3v) is 4.92. The van der Waals surface area contributed by atoms with E-state index < -0.39 is 11.5 Å². The van der Waals surface area contributed by atoms with Crippen molar-refractivity contribution in [3.8, 4) is 11.8 Å². The van der Waals surface area contributed by atoms with Crippen LogP contribution < -0.4 is 4.74 Å². The molecule has 3 rings (SSSR count). The maximum atomic E-state index is 12.9. The number of hydrogen-bond acceptors (Lipinski definition) is 4. The topological polar surface area (TPSA) is 70.4 Å². The Morgan fingerprint density at radius 2 is 1.85 bits per heavy atom. The molecule has 0 aromatic heterocycles. The Kier molecular flexibility index (Phi) is 4.34. The zero-order chi connectivity index (χ0) is 20.0. The Morgan fingerprint density at radius 3 is 2.37 bits per heavy atom. The summed E-state index contributed by atoms with van der Waals surface area (Å²) in [6.45, 7) is 5.10. The number of alkyl halides is 2. The number of benzene rings is 1. The van der Waals surface area contributed by atoms with E-state index in [2.05, 4.69) is 4.74 Å². The van der Waals surface area contributed by atoms with Crippen LogP contribution in [0.3, 0.4) is 0 Å². The second-order valence-corrected chi connectivity index (χ2v) is 8.02. The zero-order valence-electron chi connectivity index (χ0n) is 15.4. The minimum atomic E-state index is -3.29. The van der Waals surface area contributed by atoms with Crippen LogP contribution in [-0.2, 0) is 4.79 Å². The third-order valence-electron chi connectivity index (χ3n) is 4.92. The number of nitrogens with zero attached hydrogens (tertiary/aromatic N) is 2. The highest BCUT2D eigenvalue weighted by atomic mass is 19.3. The van der Waals surface area contributed by atoms with E-state index in [4.69, 9.17) is 0 Å². The zero-order valence-corrected chi connectivity index (χ0v) is 15.4. The van der Waals surface area contributed by atoms with E-state index in [9.17, 15) is 23.6 Å². The summed E-state index contributed by atoms with van der Waals surface area (Å²) < 4.78 is 30.2. The fourth-order valence-corrected chi connectivity index (χ4v) is 3.95. The van der Waals surface area contributed by atoms with Gasteiger partial charge in [-0.25, -0.2) is 0 Å². The minimum absolute atomic E-state index is 0.0201. The monoisotopic (exact) mass is 374 g/mol. The summed E-state index contributed by atoms with van der Waals surface area (Å²) in [5, 5.41) is 9.22. The van der Waals surface area contributed by atoms with Crippen LogP contribution in [0.4, 0.5) is 8.78 Å². The van der Waals surface area contributed by atoms with Crippen LogP contribution in [-0.4, -0.2) is 35.8 Å². The van der Waals surface area contributed by atoms with Crippen molar-refractivity contribution in [2.24, 2.45) is 10.8 Å². The molecule has 0 atom stereocenters. The summed E-state index contributed by atoms with van der Waals surface area (Å²) in [6, 6.07) is 7.51. The molecule has 0 saturated carbocycles. The van der Waals surface area contributed by atoms with Gasteiger partial charge in [0.25, 0.3) is 5.91 Å². The predicted molar refractivity (Wildman–Crippen MR) is 93.1 cm³/mol. The molecule has 1 aliphatic heterocycles. The van der Waals surface area contributed by atoms with E-state index in [0.29, 0.717) is 32.0 Å². The molecular weight excluding hydrogens is 354 g/mol. The average molecular weight is 374 g/mol. The van der Waals surface area contributed by atoms with Crippen molar-refractivity contribution in [3.63, 3.8) is 0 Å². The average Bonchev–Trinajstić information content (AvgIpc) is 2.53. The van der Waals surface area contributed by atoms with Crippen molar-refractivity contribution in [3.05, 3.63) is 41.5 Å². The number of ether oxygens (including phenoxy) is 1. The highest BCUT2D eigenvalue weighted by molar-refractivity contribution is 6.04. The number of Topliss-reactive ketones (excluding diaryl/α,β-unsaturated/α-hetero) is 1. The lowest BCUT2D eigenvalue weighted by Crippen LogP contribution is -2.60. The number of carbonyl (C=O) groups excluding carboxylic acids is 2. The molecule has 1 fully saturated rings. The fraction of sp³-hybridized carbons (Fsp3) is 0.450. The maximum absolute atomic E-state index is 12.9. The lowest BCUT2D eigenvalue weighted by Gasteiger charge is -2.53. The standard InChI is InChI=1S/C20H20F2N2O3/c1-18(2)10-20(8-14(9-23)16(18)25)11-24(12-20)17(26)13-4-6-15(7-5-13)27-19(3,21)22/h4-8H,10-12H2,1-3H3. The Hall–Kier alpha value is -2.75. The number of ketones is 1. The number of allylic oxidation sites excluding steroid dienone is 1. The molecule has 142 valence electrons. The summed E-state index contributed by atoms with van der Waals surface area (Å²) in [5.41, 5.74) is -0.488. The van der Waals surface area contributed by atoms with Crippen LogP contribution in [0.1, 0.15) is 37.6 Å². The van der Waals surface area contributed by atoms with Crippen molar-refractivity contribution in [1.29, 1.82) is 5.26 Å². The van der Waals surface area contributed by atoms with Gasteiger partial charge in [-0.05, 0) is 30.7 Å². The number of carbonyl (C=O) groups is 2. The summed E-state index contributed by atoms with van der Waals surface area (Å²) in [7, 11) is 0. The lowest BCUT2D eigenvalue weighted by molar-refractivity contribution is -0.158. The molecule has 1 spiro atoms. The molecule has 0 radical (unpaired) electrons. The normalized spacial score (nSPS) is 20.5. The van der Waals surface area contributed by atoms with Gasteiger partial charge in [0.15, 0.2) is 5.78 Å². The van der Waals surface area contributed by atoms with Crippen molar-refractivity contribution < 1.29 is 23.1 Å².